The first-order valence-corrected chi connectivity index (χ1v) is 12.3. The number of aryl methyl sites for hydroxylation is 1. The van der Waals surface area contributed by atoms with Crippen molar-refractivity contribution >= 4 is 49.8 Å². The summed E-state index contributed by atoms with van der Waals surface area (Å²) < 4.78 is 42.2. The van der Waals surface area contributed by atoms with Crippen LogP contribution in [0.2, 0.25) is 5.02 Å². The molecule has 0 saturated carbocycles. The van der Waals surface area contributed by atoms with Crippen molar-refractivity contribution in [2.24, 2.45) is 0 Å². The van der Waals surface area contributed by atoms with Gasteiger partial charge in [-0.15, -0.1) is 0 Å². The smallest absolute Gasteiger partial charge is 0.282 e. The second-order valence-corrected chi connectivity index (χ2v) is 10.0. The van der Waals surface area contributed by atoms with E-state index in [2.05, 4.69) is 0 Å². The fourth-order valence-corrected chi connectivity index (χ4v) is 4.59. The van der Waals surface area contributed by atoms with Gasteiger partial charge in [-0.1, -0.05) is 48.0 Å². The molecule has 9 heteroatoms. The number of nitrogens with one attached hydrogen (secondary N) is 1. The fraction of sp³-hybridized carbons (Fsp3) is 0.167. The second-order valence-electron chi connectivity index (χ2n) is 7.86. The summed E-state index contributed by atoms with van der Waals surface area (Å²) in [5, 5.41) is 0.862. The maximum Gasteiger partial charge on any atom is 0.282 e. The number of amides is 1. The van der Waals surface area contributed by atoms with E-state index in [0.29, 0.717) is 27.1 Å². The Bertz CT molecular complexity index is 1490. The van der Waals surface area contributed by atoms with Crippen LogP contribution in [0.15, 0.2) is 54.6 Å². The summed E-state index contributed by atoms with van der Waals surface area (Å²) >= 11 is 6.24. The summed E-state index contributed by atoms with van der Waals surface area (Å²) in [5.74, 6) is -1.58. The number of fused-ring (bicyclic) bond motifs is 1. The number of carbonyl (C=O) groups excluding carboxylic acids is 2. The average molecular weight is 487 g/mol. The number of hydrogen-bond acceptors (Lipinski definition) is 4. The van der Waals surface area contributed by atoms with Gasteiger partial charge >= 0.3 is 0 Å². The van der Waals surface area contributed by atoms with Gasteiger partial charge in [0.25, 0.3) is 5.91 Å². The molecule has 0 aliphatic heterocycles. The SMILES string of the molecule is Cc1cccc(Cn2c(C(=O)NS(C)(=O)=O)c(C3=CC=CCC3=O)c3cc(Cl)ccc32)c1F. The van der Waals surface area contributed by atoms with E-state index in [1.165, 1.54) is 4.57 Å². The van der Waals surface area contributed by atoms with Gasteiger partial charge in [0, 0.05) is 39.0 Å². The van der Waals surface area contributed by atoms with Crippen LogP contribution in [0, 0.1) is 12.7 Å². The van der Waals surface area contributed by atoms with Crippen LogP contribution in [-0.4, -0.2) is 30.9 Å². The van der Waals surface area contributed by atoms with Crippen LogP contribution in [0.3, 0.4) is 0 Å². The predicted molar refractivity (Wildman–Crippen MR) is 126 cm³/mol. The van der Waals surface area contributed by atoms with Crippen molar-refractivity contribution in [3.63, 3.8) is 0 Å². The molecule has 3 aromatic rings. The summed E-state index contributed by atoms with van der Waals surface area (Å²) in [6, 6.07) is 9.81. The molecule has 0 radical (unpaired) electrons. The van der Waals surface area contributed by atoms with Crippen LogP contribution in [-0.2, 0) is 21.4 Å². The highest BCUT2D eigenvalue weighted by Gasteiger charge is 2.30. The van der Waals surface area contributed by atoms with Crippen molar-refractivity contribution in [2.75, 3.05) is 6.26 Å². The molecule has 0 fully saturated rings. The van der Waals surface area contributed by atoms with E-state index in [1.807, 2.05) is 4.72 Å². The zero-order valence-electron chi connectivity index (χ0n) is 17.9. The van der Waals surface area contributed by atoms with Gasteiger partial charge < -0.3 is 4.57 Å². The average Bonchev–Trinajstić information content (AvgIpc) is 3.04. The van der Waals surface area contributed by atoms with Gasteiger partial charge in [0.15, 0.2) is 5.78 Å². The molecule has 1 aliphatic carbocycles. The number of Topliss-reactive ketones (excluding diaryl/α,β-unsaturated/α-hetero) is 1. The molecule has 33 heavy (non-hydrogen) atoms. The van der Waals surface area contributed by atoms with Crippen molar-refractivity contribution in [1.29, 1.82) is 0 Å². The molecule has 0 unspecified atom stereocenters. The minimum absolute atomic E-state index is 0.0600. The van der Waals surface area contributed by atoms with E-state index in [4.69, 9.17) is 11.6 Å². The molecule has 6 nitrogen and oxygen atoms in total. The van der Waals surface area contributed by atoms with Gasteiger partial charge in [-0.25, -0.2) is 17.5 Å². The molecule has 170 valence electrons. The summed E-state index contributed by atoms with van der Waals surface area (Å²) in [5.41, 5.74) is 1.71. The minimum atomic E-state index is -3.91. The van der Waals surface area contributed by atoms with Gasteiger partial charge in [-0.3, -0.25) is 9.59 Å². The number of carbonyl (C=O) groups is 2. The van der Waals surface area contributed by atoms with E-state index in [0.717, 1.165) is 6.26 Å². The maximum atomic E-state index is 14.9. The first kappa shape index (κ1) is 22.9. The van der Waals surface area contributed by atoms with Gasteiger partial charge in [0.05, 0.1) is 12.8 Å². The lowest BCUT2D eigenvalue weighted by atomic mass is 9.93. The molecule has 0 bridgehead atoms. The molecule has 1 heterocycles. The van der Waals surface area contributed by atoms with Crippen LogP contribution < -0.4 is 4.72 Å². The van der Waals surface area contributed by atoms with Crippen molar-refractivity contribution < 1.29 is 22.4 Å². The molecule has 0 atom stereocenters. The molecule has 1 amide bonds. The number of hydrogen-bond donors (Lipinski definition) is 1. The van der Waals surface area contributed by atoms with E-state index >= 15 is 0 Å². The first-order valence-electron chi connectivity index (χ1n) is 10.0. The van der Waals surface area contributed by atoms with Crippen molar-refractivity contribution in [1.82, 2.24) is 9.29 Å². The third-order valence-electron chi connectivity index (χ3n) is 5.39. The van der Waals surface area contributed by atoms with Crippen molar-refractivity contribution in [3.8, 4) is 0 Å². The molecular formula is C24H20ClFN2O4S. The zero-order valence-corrected chi connectivity index (χ0v) is 19.4. The first-order chi connectivity index (χ1) is 15.6. The topological polar surface area (TPSA) is 85.2 Å². The minimum Gasteiger partial charge on any atom is -0.331 e. The normalized spacial score (nSPS) is 13.9. The third-order valence-corrected chi connectivity index (χ3v) is 6.18. The molecule has 1 aromatic heterocycles. The maximum absolute atomic E-state index is 14.9. The van der Waals surface area contributed by atoms with E-state index in [-0.39, 0.29) is 35.6 Å². The summed E-state index contributed by atoms with van der Waals surface area (Å²) in [7, 11) is -3.91. The highest BCUT2D eigenvalue weighted by Crippen LogP contribution is 2.36. The van der Waals surface area contributed by atoms with E-state index in [1.54, 1.807) is 61.5 Å². The largest absolute Gasteiger partial charge is 0.331 e. The zero-order chi connectivity index (χ0) is 23.9. The fourth-order valence-electron chi connectivity index (χ4n) is 3.98. The van der Waals surface area contributed by atoms with Crippen LogP contribution in [0.5, 0.6) is 0 Å². The standard InChI is InChI=1S/C24H20ClFN2O4S/c1-14-6-5-7-15(22(14)26)13-28-19-11-10-16(25)12-18(19)21(17-8-3-4-9-20(17)29)23(28)24(30)27-33(2,31)32/h3-8,10-12H,9,13H2,1-2H3,(H,27,30). The summed E-state index contributed by atoms with van der Waals surface area (Å²) in [4.78, 5) is 26.0. The Morgan fingerprint density at radius 1 is 1.24 bits per heavy atom. The molecule has 0 spiro atoms. The van der Waals surface area contributed by atoms with Crippen LogP contribution in [0.25, 0.3) is 16.5 Å². The van der Waals surface area contributed by atoms with Crippen molar-refractivity contribution in [2.45, 2.75) is 19.9 Å². The lowest BCUT2D eigenvalue weighted by molar-refractivity contribution is -0.113. The van der Waals surface area contributed by atoms with Gasteiger partial charge in [-0.05, 0) is 30.7 Å². The lowest BCUT2D eigenvalue weighted by Gasteiger charge is -2.15. The number of allylic oxidation sites excluding steroid dienone is 4. The second kappa shape index (κ2) is 8.61. The van der Waals surface area contributed by atoms with Crippen molar-refractivity contribution in [3.05, 3.63) is 87.9 Å². The Kier molecular flexibility index (Phi) is 5.99. The van der Waals surface area contributed by atoms with E-state index < -0.39 is 21.7 Å². The monoisotopic (exact) mass is 486 g/mol. The summed E-state index contributed by atoms with van der Waals surface area (Å²) in [6.45, 7) is 1.57. The highest BCUT2D eigenvalue weighted by molar-refractivity contribution is 7.89. The number of rotatable bonds is 5. The Labute approximate surface area is 195 Å². The number of nitrogens with zero attached hydrogens (tertiary/aromatic N) is 1. The Hall–Kier alpha value is -3.23. The third kappa shape index (κ3) is 4.49. The van der Waals surface area contributed by atoms with E-state index in [9.17, 15) is 22.4 Å². The Balaban J connectivity index is 2.07. The van der Waals surface area contributed by atoms with Crippen LogP contribution in [0.1, 0.15) is 33.6 Å². The number of benzene rings is 2. The molecule has 0 saturated heterocycles. The van der Waals surface area contributed by atoms with Gasteiger partial charge in [-0.2, -0.15) is 0 Å². The number of halogens is 2. The lowest BCUT2D eigenvalue weighted by Crippen LogP contribution is -2.32. The quantitative estimate of drug-likeness (QED) is 0.579. The van der Waals surface area contributed by atoms with Gasteiger partial charge in [0.1, 0.15) is 11.5 Å². The van der Waals surface area contributed by atoms with Crippen LogP contribution >= 0.6 is 11.6 Å². The number of sulfonamides is 1. The predicted octanol–water partition coefficient (Wildman–Crippen LogP) is 4.39. The number of aromatic nitrogens is 1. The van der Waals surface area contributed by atoms with Crippen LogP contribution in [0.4, 0.5) is 4.39 Å². The highest BCUT2D eigenvalue weighted by atomic mass is 35.5. The number of ketones is 1. The molecular weight excluding hydrogens is 467 g/mol. The molecule has 4 rings (SSSR count). The van der Waals surface area contributed by atoms with Gasteiger partial charge in [0.2, 0.25) is 10.0 Å². The Morgan fingerprint density at radius 2 is 2.00 bits per heavy atom. The molecule has 1 aliphatic rings. The molecule has 2 aromatic carbocycles. The summed E-state index contributed by atoms with van der Waals surface area (Å²) in [6.07, 6.45) is 5.97. The Morgan fingerprint density at radius 3 is 2.70 bits per heavy atom. The molecule has 1 N–H and O–H groups in total.